The summed E-state index contributed by atoms with van der Waals surface area (Å²) in [4.78, 5) is 10.9. The van der Waals surface area contributed by atoms with E-state index in [-0.39, 0.29) is 5.92 Å². The summed E-state index contributed by atoms with van der Waals surface area (Å²) < 4.78 is 1.08. The Morgan fingerprint density at radius 3 is 2.67 bits per heavy atom. The fraction of sp³-hybridized carbons (Fsp3) is 0.417. The first kappa shape index (κ1) is 10.7. The molecular weight excluding hydrogens is 256 g/mol. The molecule has 2 nitrogen and oxygen atoms in total. The molecule has 2 rings (SSSR count). The highest BCUT2D eigenvalue weighted by molar-refractivity contribution is 9.10. The lowest BCUT2D eigenvalue weighted by Crippen LogP contribution is -2.34. The fourth-order valence-electron chi connectivity index (χ4n) is 2.08. The Kier molecular flexibility index (Phi) is 3.10. The molecule has 0 amide bonds. The second-order valence-electron chi connectivity index (χ2n) is 4.08. The van der Waals surface area contributed by atoms with E-state index in [1.54, 1.807) is 0 Å². The van der Waals surface area contributed by atoms with Crippen LogP contribution in [0, 0.1) is 11.8 Å². The molecule has 1 N–H and O–H groups in total. The molecule has 80 valence electrons. The number of benzene rings is 1. The van der Waals surface area contributed by atoms with E-state index in [2.05, 4.69) is 22.0 Å². The van der Waals surface area contributed by atoms with Gasteiger partial charge in [-0.15, -0.1) is 0 Å². The van der Waals surface area contributed by atoms with Gasteiger partial charge in [0.05, 0.1) is 5.92 Å². The Morgan fingerprint density at radius 1 is 1.40 bits per heavy atom. The third-order valence-corrected chi connectivity index (χ3v) is 3.95. The number of rotatable bonds is 3. The summed E-state index contributed by atoms with van der Waals surface area (Å²) in [6.45, 7) is 0. The highest BCUT2D eigenvalue weighted by Crippen LogP contribution is 2.37. The third kappa shape index (κ3) is 2.23. The smallest absolute Gasteiger partial charge is 0.306 e. The van der Waals surface area contributed by atoms with E-state index in [0.717, 1.165) is 23.7 Å². The van der Waals surface area contributed by atoms with Crippen molar-refractivity contribution >= 4 is 21.9 Å². The molecule has 0 aliphatic heterocycles. The van der Waals surface area contributed by atoms with Crippen LogP contribution in [0.5, 0.6) is 0 Å². The topological polar surface area (TPSA) is 37.3 Å². The molecule has 2 atom stereocenters. The van der Waals surface area contributed by atoms with Crippen LogP contribution in [0.2, 0.25) is 0 Å². The molecular formula is C12H13BrO2. The van der Waals surface area contributed by atoms with Gasteiger partial charge >= 0.3 is 5.97 Å². The predicted octanol–water partition coefficient (Wildman–Crippen LogP) is 3.10. The number of carboxylic acid groups (broad SMARTS) is 1. The van der Waals surface area contributed by atoms with E-state index in [1.165, 1.54) is 5.56 Å². The van der Waals surface area contributed by atoms with Gasteiger partial charge in [-0.25, -0.2) is 0 Å². The quantitative estimate of drug-likeness (QED) is 0.915. The molecule has 0 radical (unpaired) electrons. The molecule has 1 fully saturated rings. The number of hydrogen-bond donors (Lipinski definition) is 1. The lowest BCUT2D eigenvalue weighted by atomic mass is 9.71. The molecule has 0 spiro atoms. The molecule has 2 unspecified atom stereocenters. The zero-order chi connectivity index (χ0) is 10.8. The molecule has 1 saturated carbocycles. The summed E-state index contributed by atoms with van der Waals surface area (Å²) in [5.74, 6) is -0.448. The molecule has 3 heteroatoms. The zero-order valence-electron chi connectivity index (χ0n) is 8.32. The van der Waals surface area contributed by atoms with Gasteiger partial charge in [0.15, 0.2) is 0 Å². The number of carbonyl (C=O) groups is 1. The number of halogens is 1. The van der Waals surface area contributed by atoms with Crippen LogP contribution in [0.25, 0.3) is 0 Å². The predicted molar refractivity (Wildman–Crippen MR) is 61.7 cm³/mol. The van der Waals surface area contributed by atoms with Crippen LogP contribution >= 0.6 is 15.9 Å². The van der Waals surface area contributed by atoms with E-state index < -0.39 is 5.97 Å². The first-order chi connectivity index (χ1) is 7.18. The second-order valence-corrected chi connectivity index (χ2v) is 4.93. The van der Waals surface area contributed by atoms with Crippen molar-refractivity contribution in [1.29, 1.82) is 0 Å². The summed E-state index contributed by atoms with van der Waals surface area (Å²) in [6.07, 6.45) is 2.75. The van der Waals surface area contributed by atoms with Gasteiger partial charge in [0.2, 0.25) is 0 Å². The van der Waals surface area contributed by atoms with Gasteiger partial charge in [-0.05, 0) is 36.8 Å². The first-order valence-corrected chi connectivity index (χ1v) is 5.94. The van der Waals surface area contributed by atoms with Crippen LogP contribution in [0.15, 0.2) is 28.7 Å². The molecule has 1 aromatic carbocycles. The van der Waals surface area contributed by atoms with Crippen LogP contribution < -0.4 is 0 Å². The van der Waals surface area contributed by atoms with E-state index in [9.17, 15) is 4.79 Å². The van der Waals surface area contributed by atoms with Gasteiger partial charge in [-0.1, -0.05) is 34.1 Å². The third-order valence-electron chi connectivity index (χ3n) is 3.17. The molecule has 1 aliphatic carbocycles. The van der Waals surface area contributed by atoms with Crippen LogP contribution in [-0.2, 0) is 11.2 Å². The van der Waals surface area contributed by atoms with Gasteiger partial charge in [0, 0.05) is 4.47 Å². The van der Waals surface area contributed by atoms with Crippen molar-refractivity contribution < 1.29 is 9.90 Å². The average Bonchev–Trinajstić information content (AvgIpc) is 2.13. The highest BCUT2D eigenvalue weighted by atomic mass is 79.9. The van der Waals surface area contributed by atoms with Crippen molar-refractivity contribution in [2.75, 3.05) is 0 Å². The Labute approximate surface area is 97.4 Å². The minimum atomic E-state index is -0.640. The molecule has 1 aliphatic rings. The maximum Gasteiger partial charge on any atom is 0.306 e. The Hall–Kier alpha value is -0.830. The van der Waals surface area contributed by atoms with Crippen LogP contribution in [0.4, 0.5) is 0 Å². The first-order valence-electron chi connectivity index (χ1n) is 5.14. The summed E-state index contributed by atoms with van der Waals surface area (Å²) >= 11 is 3.49. The van der Waals surface area contributed by atoms with Gasteiger partial charge in [-0.2, -0.15) is 0 Å². The van der Waals surface area contributed by atoms with Gasteiger partial charge in [0.25, 0.3) is 0 Å². The SMILES string of the molecule is O=C(O)C1CCC1Cc1ccccc1Br. The Morgan fingerprint density at radius 2 is 2.13 bits per heavy atom. The van der Waals surface area contributed by atoms with Crippen LogP contribution in [-0.4, -0.2) is 11.1 Å². The molecule has 1 aromatic rings. The fourth-order valence-corrected chi connectivity index (χ4v) is 2.53. The van der Waals surface area contributed by atoms with Crippen LogP contribution in [0.1, 0.15) is 18.4 Å². The lowest BCUT2D eigenvalue weighted by Gasteiger charge is -2.33. The monoisotopic (exact) mass is 268 g/mol. The minimum absolute atomic E-state index is 0.128. The average molecular weight is 269 g/mol. The van der Waals surface area contributed by atoms with Gasteiger partial charge in [0.1, 0.15) is 0 Å². The maximum absolute atomic E-state index is 10.9. The standard InChI is InChI=1S/C12H13BrO2/c13-11-4-2-1-3-9(11)7-8-5-6-10(8)12(14)15/h1-4,8,10H,5-7H2,(H,14,15). The molecule has 0 saturated heterocycles. The van der Waals surface area contributed by atoms with Crippen molar-refractivity contribution in [3.05, 3.63) is 34.3 Å². The number of hydrogen-bond acceptors (Lipinski definition) is 1. The molecule has 15 heavy (non-hydrogen) atoms. The number of aliphatic carboxylic acids is 1. The van der Waals surface area contributed by atoms with Crippen molar-refractivity contribution in [3.63, 3.8) is 0 Å². The highest BCUT2D eigenvalue weighted by Gasteiger charge is 2.36. The van der Waals surface area contributed by atoms with E-state index in [4.69, 9.17) is 5.11 Å². The normalized spacial score (nSPS) is 24.6. The summed E-state index contributed by atoms with van der Waals surface area (Å²) in [6, 6.07) is 8.03. The van der Waals surface area contributed by atoms with E-state index in [1.807, 2.05) is 18.2 Å². The largest absolute Gasteiger partial charge is 0.481 e. The summed E-state index contributed by atoms with van der Waals surface area (Å²) in [5, 5.41) is 8.94. The Bertz CT molecular complexity index is 376. The summed E-state index contributed by atoms with van der Waals surface area (Å²) in [5.41, 5.74) is 1.22. The second kappa shape index (κ2) is 4.35. The van der Waals surface area contributed by atoms with Crippen molar-refractivity contribution in [2.45, 2.75) is 19.3 Å². The molecule has 0 bridgehead atoms. The zero-order valence-corrected chi connectivity index (χ0v) is 9.90. The minimum Gasteiger partial charge on any atom is -0.481 e. The molecule has 0 aromatic heterocycles. The van der Waals surface area contributed by atoms with Crippen molar-refractivity contribution in [1.82, 2.24) is 0 Å². The van der Waals surface area contributed by atoms with E-state index >= 15 is 0 Å². The van der Waals surface area contributed by atoms with Crippen molar-refractivity contribution in [3.8, 4) is 0 Å². The van der Waals surface area contributed by atoms with E-state index in [0.29, 0.717) is 5.92 Å². The maximum atomic E-state index is 10.9. The summed E-state index contributed by atoms with van der Waals surface area (Å²) in [7, 11) is 0. The van der Waals surface area contributed by atoms with Gasteiger partial charge in [-0.3, -0.25) is 4.79 Å². The van der Waals surface area contributed by atoms with Gasteiger partial charge < -0.3 is 5.11 Å². The number of carboxylic acids is 1. The lowest BCUT2D eigenvalue weighted by molar-refractivity contribution is -0.147. The molecule has 0 heterocycles. The van der Waals surface area contributed by atoms with Crippen LogP contribution in [0.3, 0.4) is 0 Å². The Balaban J connectivity index is 2.04. The van der Waals surface area contributed by atoms with Crippen molar-refractivity contribution in [2.24, 2.45) is 11.8 Å².